The van der Waals surface area contributed by atoms with Crippen LogP contribution in [0.1, 0.15) is 185 Å². The number of benzene rings is 3. The van der Waals surface area contributed by atoms with Gasteiger partial charge in [-0.15, -0.1) is 0 Å². The van der Waals surface area contributed by atoms with E-state index in [-0.39, 0.29) is 83.4 Å². The van der Waals surface area contributed by atoms with Crippen molar-refractivity contribution in [1.29, 1.82) is 0 Å². The summed E-state index contributed by atoms with van der Waals surface area (Å²) in [4.78, 5) is 120. The lowest BCUT2D eigenvalue weighted by molar-refractivity contribution is -0.149. The van der Waals surface area contributed by atoms with Gasteiger partial charge < -0.3 is 36.4 Å². The number of unbranched alkanes of at least 4 members (excludes halogenated alkanes) is 2. The van der Waals surface area contributed by atoms with Gasteiger partial charge in [-0.2, -0.15) is 0 Å². The molecule has 2 aliphatic carbocycles. The molecular formula is C67H93N9O8. The molecule has 0 saturated carbocycles. The number of Topliss-reactive ketones (excluding diaryl/α,β-unsaturated/α-hetero) is 2. The predicted octanol–water partition coefficient (Wildman–Crippen LogP) is 6.82. The van der Waals surface area contributed by atoms with Crippen LogP contribution in [0, 0.1) is 11.8 Å². The molecule has 0 unspecified atom stereocenters. The van der Waals surface area contributed by atoms with E-state index in [9.17, 15) is 38.4 Å². The van der Waals surface area contributed by atoms with Crippen molar-refractivity contribution in [2.45, 2.75) is 191 Å². The van der Waals surface area contributed by atoms with E-state index in [0.717, 1.165) is 82.9 Å². The molecule has 454 valence electrons. The summed E-state index contributed by atoms with van der Waals surface area (Å²) in [6.45, 7) is 9.99. The Morgan fingerprint density at radius 1 is 0.607 bits per heavy atom. The number of carbonyl (C=O) groups excluding carboxylic acids is 8. The van der Waals surface area contributed by atoms with E-state index in [1.165, 1.54) is 16.7 Å². The summed E-state index contributed by atoms with van der Waals surface area (Å²) in [7, 11) is 1.74. The van der Waals surface area contributed by atoms with Crippen LogP contribution in [0.5, 0.6) is 0 Å². The highest BCUT2D eigenvalue weighted by molar-refractivity contribution is 5.98. The van der Waals surface area contributed by atoms with Gasteiger partial charge >= 0.3 is 0 Å². The van der Waals surface area contributed by atoms with E-state index in [2.05, 4.69) is 66.7 Å². The highest BCUT2D eigenvalue weighted by atomic mass is 16.2. The first-order valence-electron chi connectivity index (χ1n) is 32.0. The number of fused-ring (bicyclic) bond motifs is 4. The van der Waals surface area contributed by atoms with Crippen LogP contribution in [0.15, 0.2) is 72.8 Å². The minimum absolute atomic E-state index is 0.0458. The van der Waals surface area contributed by atoms with E-state index < -0.39 is 30.1 Å². The topological polar surface area (TPSA) is 210 Å². The molecule has 0 bridgehead atoms. The first-order valence-corrected chi connectivity index (χ1v) is 32.0. The molecule has 6 aliphatic rings. The Labute approximate surface area is 497 Å². The maximum Gasteiger partial charge on any atom is 0.251 e. The molecule has 0 radical (unpaired) electrons. The first kappa shape index (κ1) is 62.2. The van der Waals surface area contributed by atoms with Crippen molar-refractivity contribution in [3.05, 3.63) is 106 Å². The number of hydrogen-bond acceptors (Lipinski definition) is 11. The third kappa shape index (κ3) is 15.4. The lowest BCUT2D eigenvalue weighted by Gasteiger charge is -2.44. The Hall–Kier alpha value is -6.30. The molecular weight excluding hydrogens is 1060 g/mol. The number of carbonyl (C=O) groups is 8. The van der Waals surface area contributed by atoms with E-state index in [0.29, 0.717) is 102 Å². The molecule has 0 aromatic heterocycles. The third-order valence-corrected chi connectivity index (χ3v) is 19.5. The number of rotatable bonds is 26. The smallest absolute Gasteiger partial charge is 0.251 e. The maximum absolute atomic E-state index is 14.8. The lowest BCUT2D eigenvalue weighted by atomic mass is 9.79. The number of likely N-dealkylation sites (N-methyl/N-ethyl adjacent to an activating group) is 1. The van der Waals surface area contributed by atoms with Crippen molar-refractivity contribution in [2.24, 2.45) is 11.8 Å². The number of amides is 6. The number of ketones is 2. The zero-order valence-electron chi connectivity index (χ0n) is 50.3. The molecule has 4 aliphatic heterocycles. The summed E-state index contributed by atoms with van der Waals surface area (Å²) in [6, 6.07) is 20.9. The second-order valence-electron chi connectivity index (χ2n) is 25.0. The van der Waals surface area contributed by atoms with Gasteiger partial charge in [-0.1, -0.05) is 68.8 Å². The van der Waals surface area contributed by atoms with Gasteiger partial charge in [0.2, 0.25) is 23.6 Å². The van der Waals surface area contributed by atoms with Crippen molar-refractivity contribution in [3.63, 3.8) is 0 Å². The fourth-order valence-corrected chi connectivity index (χ4v) is 14.1. The average Bonchev–Trinajstić information content (AvgIpc) is 4.35. The maximum atomic E-state index is 14.8. The normalized spacial score (nSPS) is 23.6. The quantitative estimate of drug-likeness (QED) is 0.0527. The minimum Gasteiger partial charge on any atom is -0.352 e. The van der Waals surface area contributed by atoms with Gasteiger partial charge in [0.25, 0.3) is 11.8 Å². The van der Waals surface area contributed by atoms with Crippen LogP contribution in [0.25, 0.3) is 0 Å². The lowest BCUT2D eigenvalue weighted by Crippen LogP contribution is -2.65. The molecule has 3 aromatic carbocycles. The van der Waals surface area contributed by atoms with Crippen LogP contribution in [0.2, 0.25) is 0 Å². The predicted molar refractivity (Wildman–Crippen MR) is 324 cm³/mol. The van der Waals surface area contributed by atoms with Crippen molar-refractivity contribution >= 4 is 47.0 Å². The number of piperazine rings is 2. The zero-order valence-corrected chi connectivity index (χ0v) is 50.3. The number of aryl methyl sites for hydroxylation is 2. The van der Waals surface area contributed by atoms with E-state index in [1.807, 2.05) is 36.9 Å². The fraction of sp³-hybridized carbons (Fsp3) is 0.612. The van der Waals surface area contributed by atoms with Gasteiger partial charge in [-0.25, -0.2) is 0 Å². The molecule has 10 atom stereocenters. The Bertz CT molecular complexity index is 2620. The zero-order chi connectivity index (χ0) is 59.3. The van der Waals surface area contributed by atoms with Gasteiger partial charge in [0.1, 0.15) is 23.9 Å². The number of hydrogen-bond donors (Lipinski definition) is 5. The van der Waals surface area contributed by atoms with Crippen LogP contribution >= 0.6 is 0 Å². The first-order chi connectivity index (χ1) is 40.7. The fourth-order valence-electron chi connectivity index (χ4n) is 14.1. The largest absolute Gasteiger partial charge is 0.352 e. The number of nitrogens with zero attached hydrogens (tertiary/aromatic N) is 4. The van der Waals surface area contributed by atoms with Gasteiger partial charge in [0.15, 0.2) is 5.78 Å². The van der Waals surface area contributed by atoms with Gasteiger partial charge in [-0.3, -0.25) is 48.2 Å². The molecule has 17 heteroatoms. The molecule has 0 spiro atoms. The average molecular weight is 1150 g/mol. The third-order valence-electron chi connectivity index (χ3n) is 19.5. The summed E-state index contributed by atoms with van der Waals surface area (Å²) in [6.07, 6.45) is 13.9. The molecule has 17 nitrogen and oxygen atoms in total. The van der Waals surface area contributed by atoms with Crippen molar-refractivity contribution in [1.82, 2.24) is 46.2 Å². The molecule has 9 rings (SSSR count). The SMILES string of the molecule is CC[C@@H](C)C(=O)N[C@@H](CCCCNC(=O)c1ccc(C(=O)NCCCC[C@H](CC(=O)[C@H](C)NC)C(=O)N2C[C@H]3CCCN3C[C@H]2C(=O)C[C@@H]2CCCc3ccccc32)cc1)C(=O)N1C[C@H]2CCCN2C[C@H]1C(=O)N[C@@H]1CCCc2ccccc21. The van der Waals surface area contributed by atoms with Crippen LogP contribution in [0.3, 0.4) is 0 Å². The van der Waals surface area contributed by atoms with E-state index in [1.54, 1.807) is 43.1 Å². The molecule has 4 saturated heterocycles. The molecule has 4 fully saturated rings. The molecule has 5 N–H and O–H groups in total. The number of nitrogens with one attached hydrogen (secondary N) is 5. The summed E-state index contributed by atoms with van der Waals surface area (Å²) >= 11 is 0. The van der Waals surface area contributed by atoms with Crippen LogP contribution in [-0.2, 0) is 41.6 Å². The van der Waals surface area contributed by atoms with Crippen molar-refractivity contribution < 1.29 is 38.4 Å². The monoisotopic (exact) mass is 1150 g/mol. The molecule has 3 aromatic rings. The molecule has 6 amide bonds. The van der Waals surface area contributed by atoms with Crippen molar-refractivity contribution in [3.8, 4) is 0 Å². The Morgan fingerprint density at radius 3 is 1.79 bits per heavy atom. The van der Waals surface area contributed by atoms with E-state index in [4.69, 9.17) is 0 Å². The minimum atomic E-state index is -0.826. The highest BCUT2D eigenvalue weighted by Crippen LogP contribution is 2.37. The van der Waals surface area contributed by atoms with Gasteiger partial charge in [0, 0.05) is 87.2 Å². The van der Waals surface area contributed by atoms with Gasteiger partial charge in [-0.05, 0) is 182 Å². The van der Waals surface area contributed by atoms with Crippen LogP contribution < -0.4 is 26.6 Å². The molecule has 84 heavy (non-hydrogen) atoms. The summed E-state index contributed by atoms with van der Waals surface area (Å²) in [5.74, 6) is -2.01. The summed E-state index contributed by atoms with van der Waals surface area (Å²) in [5, 5.41) is 15.4. The Morgan fingerprint density at radius 2 is 1.17 bits per heavy atom. The Kier molecular flexibility index (Phi) is 22.0. The standard InChI is InChI=1S/C67H93N9O8/c1-5-44(2)62(79)72-57(67(84)76-41-53-25-17-37-74(53)43-59(76)65(82)71-56-29-15-22-47-19-7-9-27-55(47)56)28-11-13-35-70-64(81)49-32-30-48(31-33-49)63(80)69-34-12-10-20-51(39-60(77)45(3)68-4)66(83)75-40-52-24-16-36-73(52)42-58(75)61(78)38-50-23-14-21-46-18-6-8-26-54(46)50/h6-9,18-19,26-27,30-33,44-45,50-53,56-59,68H,5,10-17,20-25,28-29,34-43H2,1-4H3,(H,69,80)(H,70,81)(H,71,82)(H,72,79)/t44-,45+,50+,51-,52-,53-,56-,57+,58+,59+/m1/s1. The van der Waals surface area contributed by atoms with Crippen molar-refractivity contribution in [2.75, 3.05) is 59.4 Å². The second kappa shape index (κ2) is 29.7. The second-order valence-corrected chi connectivity index (χ2v) is 25.0. The van der Waals surface area contributed by atoms with Crippen LogP contribution in [-0.4, -0.2) is 162 Å². The van der Waals surface area contributed by atoms with Crippen LogP contribution in [0.4, 0.5) is 0 Å². The summed E-state index contributed by atoms with van der Waals surface area (Å²) in [5.41, 5.74) is 5.73. The van der Waals surface area contributed by atoms with E-state index >= 15 is 0 Å². The van der Waals surface area contributed by atoms with Gasteiger partial charge in [0.05, 0.1) is 12.1 Å². The highest BCUT2D eigenvalue weighted by Gasteiger charge is 2.46. The summed E-state index contributed by atoms with van der Waals surface area (Å²) < 4.78 is 0. The Balaban J connectivity index is 0.745. The molecule has 4 heterocycles.